The van der Waals surface area contributed by atoms with E-state index in [0.717, 1.165) is 12.6 Å². The standard InChI is InChI=1S/C14H30N2S/c1-5-14(6-2,17-4)12-16-10-8-13(9-11-16)15-7-3/h13,15H,5-12H2,1-4H3. The van der Waals surface area contributed by atoms with Gasteiger partial charge in [-0.25, -0.2) is 0 Å². The lowest BCUT2D eigenvalue weighted by Gasteiger charge is -2.39. The zero-order chi connectivity index (χ0) is 12.7. The van der Waals surface area contributed by atoms with Gasteiger partial charge in [-0.3, -0.25) is 0 Å². The molecule has 0 unspecified atom stereocenters. The molecule has 2 nitrogen and oxygen atoms in total. The molecule has 0 atom stereocenters. The second-order valence-corrected chi connectivity index (χ2v) is 6.48. The van der Waals surface area contributed by atoms with Crippen LogP contribution < -0.4 is 5.32 Å². The zero-order valence-corrected chi connectivity index (χ0v) is 12.9. The van der Waals surface area contributed by atoms with Crippen LogP contribution in [-0.2, 0) is 0 Å². The fraction of sp³-hybridized carbons (Fsp3) is 1.00. The first kappa shape index (κ1) is 15.3. The van der Waals surface area contributed by atoms with Crippen molar-refractivity contribution in [1.82, 2.24) is 10.2 Å². The number of likely N-dealkylation sites (tertiary alicyclic amines) is 1. The van der Waals surface area contributed by atoms with E-state index in [2.05, 4.69) is 49.0 Å². The molecule has 0 aromatic carbocycles. The SMILES string of the molecule is CCNC1CCN(CC(CC)(CC)SC)CC1. The van der Waals surface area contributed by atoms with Gasteiger partial charge in [0.05, 0.1) is 0 Å². The molecule has 102 valence electrons. The smallest absolute Gasteiger partial charge is 0.0279 e. The molecule has 0 aliphatic carbocycles. The molecule has 17 heavy (non-hydrogen) atoms. The number of nitrogens with zero attached hydrogens (tertiary/aromatic N) is 1. The van der Waals surface area contributed by atoms with Crippen LogP contribution in [0.25, 0.3) is 0 Å². The molecule has 1 aliphatic rings. The Morgan fingerprint density at radius 3 is 2.18 bits per heavy atom. The number of nitrogens with one attached hydrogen (secondary N) is 1. The molecule has 1 heterocycles. The van der Waals surface area contributed by atoms with Crippen LogP contribution in [0.15, 0.2) is 0 Å². The number of piperidine rings is 1. The Bertz CT molecular complexity index is 188. The van der Waals surface area contributed by atoms with E-state index in [1.165, 1.54) is 45.3 Å². The van der Waals surface area contributed by atoms with Crippen molar-refractivity contribution in [2.75, 3.05) is 32.4 Å². The number of hydrogen-bond donors (Lipinski definition) is 1. The summed E-state index contributed by atoms with van der Waals surface area (Å²) in [6.45, 7) is 11.8. The highest BCUT2D eigenvalue weighted by molar-refractivity contribution is 8.00. The van der Waals surface area contributed by atoms with Crippen molar-refractivity contribution in [1.29, 1.82) is 0 Å². The van der Waals surface area contributed by atoms with Crippen LogP contribution in [0.4, 0.5) is 0 Å². The molecule has 0 spiro atoms. The maximum absolute atomic E-state index is 3.58. The summed E-state index contributed by atoms with van der Waals surface area (Å²) in [7, 11) is 0. The minimum Gasteiger partial charge on any atom is -0.314 e. The lowest BCUT2D eigenvalue weighted by Crippen LogP contribution is -2.47. The van der Waals surface area contributed by atoms with Gasteiger partial charge in [0.1, 0.15) is 0 Å². The van der Waals surface area contributed by atoms with E-state index in [1.807, 2.05) is 0 Å². The molecule has 1 rings (SSSR count). The Morgan fingerprint density at radius 1 is 1.18 bits per heavy atom. The van der Waals surface area contributed by atoms with Gasteiger partial charge >= 0.3 is 0 Å². The van der Waals surface area contributed by atoms with Gasteiger partial charge in [0.2, 0.25) is 0 Å². The summed E-state index contributed by atoms with van der Waals surface area (Å²) in [5.41, 5.74) is 0. The third kappa shape index (κ3) is 4.46. The monoisotopic (exact) mass is 258 g/mol. The Morgan fingerprint density at radius 2 is 1.76 bits per heavy atom. The zero-order valence-electron chi connectivity index (χ0n) is 12.1. The van der Waals surface area contributed by atoms with E-state index in [-0.39, 0.29) is 0 Å². The highest BCUT2D eigenvalue weighted by atomic mass is 32.2. The van der Waals surface area contributed by atoms with Gasteiger partial charge in [-0.05, 0) is 51.6 Å². The molecule has 1 saturated heterocycles. The van der Waals surface area contributed by atoms with Gasteiger partial charge < -0.3 is 10.2 Å². The van der Waals surface area contributed by atoms with E-state index in [4.69, 9.17) is 0 Å². The largest absolute Gasteiger partial charge is 0.314 e. The molecule has 1 N–H and O–H groups in total. The predicted molar refractivity (Wildman–Crippen MR) is 80.0 cm³/mol. The molecule has 0 radical (unpaired) electrons. The maximum atomic E-state index is 3.58. The van der Waals surface area contributed by atoms with Crippen molar-refractivity contribution in [2.45, 2.75) is 57.2 Å². The first-order valence-corrected chi connectivity index (χ1v) is 8.43. The quantitative estimate of drug-likeness (QED) is 0.756. The van der Waals surface area contributed by atoms with Crippen molar-refractivity contribution in [3.8, 4) is 0 Å². The van der Waals surface area contributed by atoms with Crippen LogP contribution in [0.3, 0.4) is 0 Å². The summed E-state index contributed by atoms with van der Waals surface area (Å²) in [6, 6.07) is 0.767. The molecule has 3 heteroatoms. The molecule has 1 aliphatic heterocycles. The first-order chi connectivity index (χ1) is 8.19. The Kier molecular flexibility index (Phi) is 6.90. The molecule has 0 aromatic rings. The van der Waals surface area contributed by atoms with E-state index in [0.29, 0.717) is 4.75 Å². The van der Waals surface area contributed by atoms with E-state index < -0.39 is 0 Å². The average Bonchev–Trinajstić information content (AvgIpc) is 2.39. The van der Waals surface area contributed by atoms with Crippen molar-refractivity contribution >= 4 is 11.8 Å². The Hall–Kier alpha value is 0.270. The number of thioether (sulfide) groups is 1. The summed E-state index contributed by atoms with van der Waals surface area (Å²) in [5.74, 6) is 0. The lowest BCUT2D eigenvalue weighted by atomic mass is 9.98. The van der Waals surface area contributed by atoms with Gasteiger partial charge in [0.15, 0.2) is 0 Å². The summed E-state index contributed by atoms with van der Waals surface area (Å²) in [5, 5.41) is 3.58. The van der Waals surface area contributed by atoms with Crippen LogP contribution >= 0.6 is 11.8 Å². The molecule has 0 saturated carbocycles. The van der Waals surface area contributed by atoms with Gasteiger partial charge in [-0.15, -0.1) is 0 Å². The number of rotatable bonds is 7. The molecular formula is C14H30N2S. The third-order valence-corrected chi connectivity index (χ3v) is 5.89. The fourth-order valence-corrected chi connectivity index (χ4v) is 3.71. The van der Waals surface area contributed by atoms with Crippen LogP contribution in [0, 0.1) is 0 Å². The minimum absolute atomic E-state index is 0.491. The second kappa shape index (κ2) is 7.65. The van der Waals surface area contributed by atoms with Gasteiger partial charge in [0.25, 0.3) is 0 Å². The second-order valence-electron chi connectivity index (χ2n) is 5.20. The van der Waals surface area contributed by atoms with Crippen LogP contribution in [0.1, 0.15) is 46.5 Å². The lowest BCUT2D eigenvalue weighted by molar-refractivity contribution is 0.179. The number of hydrogen-bond acceptors (Lipinski definition) is 3. The van der Waals surface area contributed by atoms with E-state index in [9.17, 15) is 0 Å². The third-order valence-electron chi connectivity index (χ3n) is 4.31. The predicted octanol–water partition coefficient (Wildman–Crippen LogP) is 2.98. The van der Waals surface area contributed by atoms with Crippen molar-refractivity contribution < 1.29 is 0 Å². The summed E-state index contributed by atoms with van der Waals surface area (Å²) in [4.78, 5) is 2.68. The van der Waals surface area contributed by atoms with E-state index >= 15 is 0 Å². The first-order valence-electron chi connectivity index (χ1n) is 7.20. The molecule has 0 aromatic heterocycles. The Balaban J connectivity index is 2.38. The van der Waals surface area contributed by atoms with Gasteiger partial charge in [-0.2, -0.15) is 11.8 Å². The maximum Gasteiger partial charge on any atom is 0.0279 e. The molecule has 0 bridgehead atoms. The van der Waals surface area contributed by atoms with Crippen LogP contribution in [-0.4, -0.2) is 48.1 Å². The highest BCUT2D eigenvalue weighted by Crippen LogP contribution is 2.32. The van der Waals surface area contributed by atoms with Crippen molar-refractivity contribution in [2.24, 2.45) is 0 Å². The molecule has 0 amide bonds. The van der Waals surface area contributed by atoms with Gasteiger partial charge in [-0.1, -0.05) is 20.8 Å². The minimum atomic E-state index is 0.491. The van der Waals surface area contributed by atoms with E-state index in [1.54, 1.807) is 0 Å². The highest BCUT2D eigenvalue weighted by Gasteiger charge is 2.29. The van der Waals surface area contributed by atoms with Gasteiger partial charge in [0, 0.05) is 17.3 Å². The summed E-state index contributed by atoms with van der Waals surface area (Å²) < 4.78 is 0.491. The molecule has 1 fully saturated rings. The Labute approximate surface area is 112 Å². The normalized spacial score (nSPS) is 19.8. The van der Waals surface area contributed by atoms with Crippen LogP contribution in [0.2, 0.25) is 0 Å². The average molecular weight is 258 g/mol. The van der Waals surface area contributed by atoms with Crippen molar-refractivity contribution in [3.05, 3.63) is 0 Å². The van der Waals surface area contributed by atoms with Crippen LogP contribution in [0.5, 0.6) is 0 Å². The topological polar surface area (TPSA) is 15.3 Å². The molecular weight excluding hydrogens is 228 g/mol. The summed E-state index contributed by atoms with van der Waals surface area (Å²) in [6.07, 6.45) is 7.51. The van der Waals surface area contributed by atoms with Crippen molar-refractivity contribution in [3.63, 3.8) is 0 Å². The summed E-state index contributed by atoms with van der Waals surface area (Å²) >= 11 is 2.06. The fourth-order valence-electron chi connectivity index (χ4n) is 2.82.